The Balaban J connectivity index is 2.16. The molecule has 0 saturated heterocycles. The van der Waals surface area contributed by atoms with Gasteiger partial charge in [-0.1, -0.05) is 49.6 Å². The van der Waals surface area contributed by atoms with Gasteiger partial charge in [-0.25, -0.2) is 0 Å². The fourth-order valence-corrected chi connectivity index (χ4v) is 2.96. The van der Waals surface area contributed by atoms with Crippen LogP contribution in [-0.4, -0.2) is 17.3 Å². The van der Waals surface area contributed by atoms with Crippen LogP contribution in [-0.2, 0) is 0 Å². The van der Waals surface area contributed by atoms with Crippen molar-refractivity contribution in [3.8, 4) is 0 Å². The second kappa shape index (κ2) is 6.45. The smallest absolute Gasteiger partial charge is 0.214 e. The van der Waals surface area contributed by atoms with E-state index in [4.69, 9.17) is 0 Å². The normalized spacial score (nSPS) is 17.9. The lowest BCUT2D eigenvalue weighted by Crippen LogP contribution is -2.32. The van der Waals surface area contributed by atoms with Crippen LogP contribution in [0.2, 0.25) is 0 Å². The van der Waals surface area contributed by atoms with E-state index >= 15 is 0 Å². The second-order valence-corrected chi connectivity index (χ2v) is 5.25. The summed E-state index contributed by atoms with van der Waals surface area (Å²) in [7, 11) is 0. The van der Waals surface area contributed by atoms with Crippen LogP contribution in [0.3, 0.4) is 0 Å². The Morgan fingerprint density at radius 1 is 1.21 bits per heavy atom. The topological polar surface area (TPSA) is 60.2 Å². The fourth-order valence-electron chi connectivity index (χ4n) is 2.96. The van der Waals surface area contributed by atoms with E-state index in [1.807, 2.05) is 6.07 Å². The summed E-state index contributed by atoms with van der Waals surface area (Å²) >= 11 is 0. The molecule has 1 aliphatic carbocycles. The lowest BCUT2D eigenvalue weighted by Gasteiger charge is -2.26. The molecular weight excluding hydrogens is 242 g/mol. The minimum absolute atomic E-state index is 0.0656. The van der Waals surface area contributed by atoms with Crippen molar-refractivity contribution in [1.29, 1.82) is 0 Å². The summed E-state index contributed by atoms with van der Waals surface area (Å²) < 4.78 is 0. The van der Waals surface area contributed by atoms with Gasteiger partial charge < -0.3 is 0 Å². The van der Waals surface area contributed by atoms with Crippen LogP contribution in [0, 0.1) is 22.0 Å². The van der Waals surface area contributed by atoms with Gasteiger partial charge in [0.1, 0.15) is 0 Å². The molecule has 102 valence electrons. The SMILES string of the molecule is O=C(c1ccccc1)C(C[N+](=O)[O-])C1CCCCC1. The molecule has 1 saturated carbocycles. The molecule has 0 aromatic heterocycles. The molecule has 0 N–H and O–H groups in total. The van der Waals surface area contributed by atoms with Gasteiger partial charge in [0.25, 0.3) is 0 Å². The monoisotopic (exact) mass is 261 g/mol. The third-order valence-electron chi connectivity index (χ3n) is 3.96. The second-order valence-electron chi connectivity index (χ2n) is 5.25. The number of carbonyl (C=O) groups is 1. The third-order valence-corrected chi connectivity index (χ3v) is 3.96. The number of hydrogen-bond acceptors (Lipinski definition) is 3. The molecule has 1 aromatic rings. The van der Waals surface area contributed by atoms with Crippen molar-refractivity contribution in [3.05, 3.63) is 46.0 Å². The van der Waals surface area contributed by atoms with Gasteiger partial charge in [-0.3, -0.25) is 14.9 Å². The number of ketones is 1. The summed E-state index contributed by atoms with van der Waals surface area (Å²) in [4.78, 5) is 23.0. The van der Waals surface area contributed by atoms with Crippen molar-refractivity contribution in [2.75, 3.05) is 6.54 Å². The summed E-state index contributed by atoms with van der Waals surface area (Å²) in [5, 5.41) is 10.8. The van der Waals surface area contributed by atoms with E-state index in [1.165, 1.54) is 6.42 Å². The zero-order valence-corrected chi connectivity index (χ0v) is 11.0. The summed E-state index contributed by atoms with van der Waals surface area (Å²) in [6.45, 7) is -0.238. The van der Waals surface area contributed by atoms with Crippen LogP contribution in [0.4, 0.5) is 0 Å². The maximum atomic E-state index is 12.5. The lowest BCUT2D eigenvalue weighted by molar-refractivity contribution is -0.487. The molecular formula is C15H19NO3. The van der Waals surface area contributed by atoms with E-state index < -0.39 is 5.92 Å². The Hall–Kier alpha value is -1.71. The molecule has 0 heterocycles. The van der Waals surface area contributed by atoms with Crippen LogP contribution in [0.25, 0.3) is 0 Å². The highest BCUT2D eigenvalue weighted by Gasteiger charge is 2.33. The molecule has 1 aliphatic rings. The standard InChI is InChI=1S/C15H19NO3/c17-15(13-9-5-2-6-10-13)14(11-16(18)19)12-7-3-1-4-8-12/h2,5-6,9-10,12,14H,1,3-4,7-8,11H2. The van der Waals surface area contributed by atoms with Gasteiger partial charge in [0.05, 0.1) is 5.92 Å². The van der Waals surface area contributed by atoms with Gasteiger partial charge in [-0.15, -0.1) is 0 Å². The minimum Gasteiger partial charge on any atom is -0.294 e. The molecule has 0 amide bonds. The van der Waals surface area contributed by atoms with Crippen LogP contribution in [0.15, 0.2) is 30.3 Å². The molecule has 0 bridgehead atoms. The van der Waals surface area contributed by atoms with E-state index in [9.17, 15) is 14.9 Å². The van der Waals surface area contributed by atoms with E-state index in [-0.39, 0.29) is 23.2 Å². The molecule has 4 nitrogen and oxygen atoms in total. The Bertz CT molecular complexity index is 438. The Morgan fingerprint density at radius 3 is 2.42 bits per heavy atom. The van der Waals surface area contributed by atoms with Crippen molar-refractivity contribution < 1.29 is 9.72 Å². The third kappa shape index (κ3) is 3.63. The average molecular weight is 261 g/mol. The first-order valence-corrected chi connectivity index (χ1v) is 6.89. The van der Waals surface area contributed by atoms with Crippen molar-refractivity contribution in [2.24, 2.45) is 11.8 Å². The van der Waals surface area contributed by atoms with Gasteiger partial charge in [0.15, 0.2) is 5.78 Å². The van der Waals surface area contributed by atoms with Gasteiger partial charge >= 0.3 is 0 Å². The van der Waals surface area contributed by atoms with E-state index in [1.54, 1.807) is 24.3 Å². The zero-order valence-electron chi connectivity index (χ0n) is 11.0. The Morgan fingerprint density at radius 2 is 1.84 bits per heavy atom. The summed E-state index contributed by atoms with van der Waals surface area (Å²) in [5.41, 5.74) is 0.597. The lowest BCUT2D eigenvalue weighted by atomic mass is 9.77. The predicted octanol–water partition coefficient (Wildman–Crippen LogP) is 3.34. The largest absolute Gasteiger partial charge is 0.294 e. The molecule has 1 aromatic carbocycles. The molecule has 0 spiro atoms. The van der Waals surface area contributed by atoms with E-state index in [0.29, 0.717) is 5.56 Å². The average Bonchev–Trinajstić information content (AvgIpc) is 2.46. The number of nitro groups is 1. The van der Waals surface area contributed by atoms with Crippen molar-refractivity contribution in [3.63, 3.8) is 0 Å². The number of carbonyl (C=O) groups excluding carboxylic acids is 1. The van der Waals surface area contributed by atoms with Crippen LogP contribution in [0.5, 0.6) is 0 Å². The van der Waals surface area contributed by atoms with E-state index in [0.717, 1.165) is 25.7 Å². The Labute approximate surface area is 113 Å². The van der Waals surface area contributed by atoms with Gasteiger partial charge in [0.2, 0.25) is 6.54 Å². The molecule has 19 heavy (non-hydrogen) atoms. The van der Waals surface area contributed by atoms with Gasteiger partial charge in [-0.2, -0.15) is 0 Å². The number of Topliss-reactive ketones (excluding diaryl/α,β-unsaturated/α-hetero) is 1. The number of benzene rings is 1. The first kappa shape index (κ1) is 13.7. The molecule has 1 unspecified atom stereocenters. The number of hydrogen-bond donors (Lipinski definition) is 0. The highest BCUT2D eigenvalue weighted by Crippen LogP contribution is 2.32. The van der Waals surface area contributed by atoms with Crippen LogP contribution < -0.4 is 0 Å². The summed E-state index contributed by atoms with van der Waals surface area (Å²) in [5.74, 6) is -0.353. The minimum atomic E-state index is -0.460. The van der Waals surface area contributed by atoms with Crippen LogP contribution >= 0.6 is 0 Å². The molecule has 4 heteroatoms. The quantitative estimate of drug-likeness (QED) is 0.464. The molecule has 0 radical (unpaired) electrons. The first-order valence-electron chi connectivity index (χ1n) is 6.89. The van der Waals surface area contributed by atoms with Crippen molar-refractivity contribution in [2.45, 2.75) is 32.1 Å². The zero-order chi connectivity index (χ0) is 13.7. The van der Waals surface area contributed by atoms with Gasteiger partial charge in [0, 0.05) is 10.5 Å². The maximum Gasteiger partial charge on any atom is 0.214 e. The Kier molecular flexibility index (Phi) is 4.66. The summed E-state index contributed by atoms with van der Waals surface area (Å²) in [6.07, 6.45) is 5.23. The van der Waals surface area contributed by atoms with Gasteiger partial charge in [-0.05, 0) is 18.8 Å². The van der Waals surface area contributed by atoms with Crippen LogP contribution in [0.1, 0.15) is 42.5 Å². The first-order chi connectivity index (χ1) is 9.18. The molecule has 1 atom stereocenters. The highest BCUT2D eigenvalue weighted by atomic mass is 16.6. The number of rotatable bonds is 5. The van der Waals surface area contributed by atoms with E-state index in [2.05, 4.69) is 0 Å². The fraction of sp³-hybridized carbons (Fsp3) is 0.533. The van der Waals surface area contributed by atoms with Crippen molar-refractivity contribution in [1.82, 2.24) is 0 Å². The molecule has 0 aliphatic heterocycles. The summed E-state index contributed by atoms with van der Waals surface area (Å²) in [6, 6.07) is 8.95. The number of nitrogens with zero attached hydrogens (tertiary/aromatic N) is 1. The molecule has 1 fully saturated rings. The highest BCUT2D eigenvalue weighted by molar-refractivity contribution is 5.98. The maximum absolute atomic E-state index is 12.5. The molecule has 2 rings (SSSR count). The van der Waals surface area contributed by atoms with Crippen molar-refractivity contribution >= 4 is 5.78 Å². The predicted molar refractivity (Wildman–Crippen MR) is 72.7 cm³/mol.